The number of furan rings is 1. The van der Waals surface area contributed by atoms with E-state index in [0.29, 0.717) is 5.76 Å². The number of amides is 1. The third kappa shape index (κ3) is 2.00. The van der Waals surface area contributed by atoms with Crippen LogP contribution in [0.3, 0.4) is 0 Å². The SMILES string of the molecule is Cc1ccc(C)c2c(C)c(C(=O)N3CCNCC3)oc12. The standard InChI is InChI=1S/C16H20N2O2/c1-10-4-5-11(2)14-13(10)12(3)15(20-14)16(19)18-8-6-17-7-9-18/h4-5,17H,6-9H2,1-3H3. The van der Waals surface area contributed by atoms with E-state index in [2.05, 4.69) is 18.3 Å². The van der Waals surface area contributed by atoms with Crippen LogP contribution in [0.4, 0.5) is 0 Å². The van der Waals surface area contributed by atoms with Crippen LogP contribution in [0.2, 0.25) is 0 Å². The van der Waals surface area contributed by atoms with Crippen molar-refractivity contribution in [2.45, 2.75) is 20.8 Å². The van der Waals surface area contributed by atoms with E-state index >= 15 is 0 Å². The molecule has 1 N–H and O–H groups in total. The lowest BCUT2D eigenvalue weighted by Crippen LogP contribution is -2.46. The molecule has 20 heavy (non-hydrogen) atoms. The first-order valence-electron chi connectivity index (χ1n) is 7.09. The molecule has 1 amide bonds. The lowest BCUT2D eigenvalue weighted by Gasteiger charge is -2.26. The maximum Gasteiger partial charge on any atom is 0.289 e. The molecule has 1 aliphatic heterocycles. The number of hydrogen-bond acceptors (Lipinski definition) is 3. The quantitative estimate of drug-likeness (QED) is 0.867. The Morgan fingerprint density at radius 3 is 2.45 bits per heavy atom. The van der Waals surface area contributed by atoms with Crippen LogP contribution >= 0.6 is 0 Å². The summed E-state index contributed by atoms with van der Waals surface area (Å²) in [4.78, 5) is 14.5. The van der Waals surface area contributed by atoms with Crippen molar-refractivity contribution in [3.8, 4) is 0 Å². The molecule has 1 aromatic heterocycles. The van der Waals surface area contributed by atoms with Crippen LogP contribution in [0.25, 0.3) is 11.0 Å². The van der Waals surface area contributed by atoms with Crippen LogP contribution in [-0.2, 0) is 0 Å². The van der Waals surface area contributed by atoms with E-state index in [-0.39, 0.29) is 5.91 Å². The first kappa shape index (κ1) is 13.2. The van der Waals surface area contributed by atoms with Crippen molar-refractivity contribution in [2.24, 2.45) is 0 Å². The molecule has 1 saturated heterocycles. The summed E-state index contributed by atoms with van der Waals surface area (Å²) >= 11 is 0. The molecule has 0 spiro atoms. The summed E-state index contributed by atoms with van der Waals surface area (Å²) in [6.45, 7) is 9.24. The fraction of sp³-hybridized carbons (Fsp3) is 0.438. The van der Waals surface area contributed by atoms with Gasteiger partial charge in [-0.15, -0.1) is 0 Å². The predicted octanol–water partition coefficient (Wildman–Crippen LogP) is 2.40. The lowest BCUT2D eigenvalue weighted by molar-refractivity contribution is 0.0705. The van der Waals surface area contributed by atoms with E-state index in [0.717, 1.165) is 53.8 Å². The predicted molar refractivity (Wildman–Crippen MR) is 79.2 cm³/mol. The van der Waals surface area contributed by atoms with Gasteiger partial charge in [-0.1, -0.05) is 12.1 Å². The van der Waals surface area contributed by atoms with Crippen molar-refractivity contribution in [1.29, 1.82) is 0 Å². The number of nitrogens with one attached hydrogen (secondary N) is 1. The van der Waals surface area contributed by atoms with Gasteiger partial charge in [-0.2, -0.15) is 0 Å². The minimum atomic E-state index is 0.0130. The molecule has 1 aromatic carbocycles. The molecule has 106 valence electrons. The van der Waals surface area contributed by atoms with Gasteiger partial charge < -0.3 is 14.6 Å². The summed E-state index contributed by atoms with van der Waals surface area (Å²) in [7, 11) is 0. The monoisotopic (exact) mass is 272 g/mol. The molecule has 0 bridgehead atoms. The van der Waals surface area contributed by atoms with E-state index < -0.39 is 0 Å². The third-order valence-electron chi connectivity index (χ3n) is 4.08. The van der Waals surface area contributed by atoms with E-state index in [1.165, 1.54) is 0 Å². The zero-order chi connectivity index (χ0) is 14.3. The number of aryl methyl sites for hydroxylation is 3. The molecule has 0 unspecified atom stereocenters. The van der Waals surface area contributed by atoms with Gasteiger partial charge in [0.25, 0.3) is 5.91 Å². The van der Waals surface area contributed by atoms with Crippen molar-refractivity contribution in [3.63, 3.8) is 0 Å². The average molecular weight is 272 g/mol. The summed E-state index contributed by atoms with van der Waals surface area (Å²) < 4.78 is 5.91. The van der Waals surface area contributed by atoms with Crippen LogP contribution in [0.5, 0.6) is 0 Å². The molecular weight excluding hydrogens is 252 g/mol. The van der Waals surface area contributed by atoms with Gasteiger partial charge in [0.15, 0.2) is 5.76 Å². The molecule has 2 heterocycles. The Bertz CT molecular complexity index is 667. The van der Waals surface area contributed by atoms with Crippen molar-refractivity contribution in [2.75, 3.05) is 26.2 Å². The van der Waals surface area contributed by atoms with Crippen molar-refractivity contribution < 1.29 is 9.21 Å². The second-order valence-corrected chi connectivity index (χ2v) is 5.50. The third-order valence-corrected chi connectivity index (χ3v) is 4.08. The van der Waals surface area contributed by atoms with Gasteiger partial charge in [-0.3, -0.25) is 4.79 Å². The molecule has 2 aromatic rings. The van der Waals surface area contributed by atoms with Gasteiger partial charge >= 0.3 is 0 Å². The van der Waals surface area contributed by atoms with Gasteiger partial charge in [0.05, 0.1) is 0 Å². The van der Waals surface area contributed by atoms with Crippen molar-refractivity contribution in [1.82, 2.24) is 10.2 Å². The first-order valence-corrected chi connectivity index (χ1v) is 7.09. The second kappa shape index (κ2) is 4.94. The van der Waals surface area contributed by atoms with Gasteiger partial charge in [0, 0.05) is 37.1 Å². The Kier molecular flexibility index (Phi) is 3.26. The second-order valence-electron chi connectivity index (χ2n) is 5.50. The number of hydrogen-bond donors (Lipinski definition) is 1. The van der Waals surface area contributed by atoms with Gasteiger partial charge in [0.2, 0.25) is 0 Å². The van der Waals surface area contributed by atoms with E-state index in [9.17, 15) is 4.79 Å². The lowest BCUT2D eigenvalue weighted by atomic mass is 10.0. The number of carbonyl (C=O) groups is 1. The highest BCUT2D eigenvalue weighted by Gasteiger charge is 2.25. The number of rotatable bonds is 1. The zero-order valence-electron chi connectivity index (χ0n) is 12.2. The van der Waals surface area contributed by atoms with Crippen LogP contribution in [-0.4, -0.2) is 37.0 Å². The average Bonchev–Trinajstić information content (AvgIpc) is 2.82. The van der Waals surface area contributed by atoms with Crippen LogP contribution in [0.15, 0.2) is 16.5 Å². The highest BCUT2D eigenvalue weighted by Crippen LogP contribution is 2.31. The Labute approximate surface area is 118 Å². The van der Waals surface area contributed by atoms with E-state index in [1.807, 2.05) is 24.8 Å². The number of nitrogens with zero attached hydrogens (tertiary/aromatic N) is 1. The molecular formula is C16H20N2O2. The van der Waals surface area contributed by atoms with Crippen molar-refractivity contribution >= 4 is 16.9 Å². The fourth-order valence-electron chi connectivity index (χ4n) is 2.89. The molecule has 0 aliphatic carbocycles. The number of carbonyl (C=O) groups excluding carboxylic acids is 1. The van der Waals surface area contributed by atoms with E-state index in [4.69, 9.17) is 4.42 Å². The summed E-state index contributed by atoms with van der Waals surface area (Å²) in [6, 6.07) is 4.12. The first-order chi connectivity index (χ1) is 9.59. The Hall–Kier alpha value is -1.81. The molecule has 4 heteroatoms. The number of piperazine rings is 1. The summed E-state index contributed by atoms with van der Waals surface area (Å²) in [5, 5.41) is 4.34. The molecule has 3 rings (SSSR count). The maximum absolute atomic E-state index is 12.6. The smallest absolute Gasteiger partial charge is 0.289 e. The van der Waals surface area contributed by atoms with Crippen LogP contribution in [0.1, 0.15) is 27.2 Å². The summed E-state index contributed by atoms with van der Waals surface area (Å²) in [6.07, 6.45) is 0. The summed E-state index contributed by atoms with van der Waals surface area (Å²) in [5.41, 5.74) is 4.05. The maximum atomic E-state index is 12.6. The Balaban J connectivity index is 2.08. The number of benzene rings is 1. The molecule has 1 fully saturated rings. The van der Waals surface area contributed by atoms with Crippen LogP contribution in [0, 0.1) is 20.8 Å². The Morgan fingerprint density at radius 1 is 1.15 bits per heavy atom. The molecule has 4 nitrogen and oxygen atoms in total. The minimum absolute atomic E-state index is 0.0130. The molecule has 1 aliphatic rings. The van der Waals surface area contributed by atoms with E-state index in [1.54, 1.807) is 0 Å². The topological polar surface area (TPSA) is 45.5 Å². The zero-order valence-corrected chi connectivity index (χ0v) is 12.2. The normalized spacial score (nSPS) is 15.8. The minimum Gasteiger partial charge on any atom is -0.450 e. The molecule has 0 atom stereocenters. The van der Waals surface area contributed by atoms with Gasteiger partial charge in [0.1, 0.15) is 5.58 Å². The highest BCUT2D eigenvalue weighted by atomic mass is 16.3. The largest absolute Gasteiger partial charge is 0.450 e. The molecule has 0 saturated carbocycles. The van der Waals surface area contributed by atoms with Gasteiger partial charge in [-0.05, 0) is 31.9 Å². The van der Waals surface area contributed by atoms with Crippen molar-refractivity contribution in [3.05, 3.63) is 34.6 Å². The number of fused-ring (bicyclic) bond motifs is 1. The summed E-state index contributed by atoms with van der Waals surface area (Å²) in [5.74, 6) is 0.512. The van der Waals surface area contributed by atoms with Gasteiger partial charge in [-0.25, -0.2) is 0 Å². The molecule has 0 radical (unpaired) electrons. The van der Waals surface area contributed by atoms with Crippen LogP contribution < -0.4 is 5.32 Å². The fourth-order valence-corrected chi connectivity index (χ4v) is 2.89. The highest BCUT2D eigenvalue weighted by molar-refractivity contribution is 6.00. The Morgan fingerprint density at radius 2 is 1.80 bits per heavy atom.